The number of nitrogens with zero attached hydrogens (tertiary/aromatic N) is 2. The lowest BCUT2D eigenvalue weighted by atomic mass is 9.46. The monoisotopic (exact) mass is 448 g/mol. The number of likely N-dealkylation sites (N-methyl/N-ethyl adjacent to an activating group) is 1. The van der Waals surface area contributed by atoms with Crippen LogP contribution in [0.25, 0.3) is 0 Å². The van der Waals surface area contributed by atoms with Gasteiger partial charge in [-0.3, -0.25) is 4.79 Å². The van der Waals surface area contributed by atoms with Crippen molar-refractivity contribution in [1.82, 2.24) is 15.5 Å². The highest BCUT2D eigenvalue weighted by Crippen LogP contribution is 2.62. The average molecular weight is 448 g/mol. The number of amides is 1. The number of aliphatic imine (C=N–C) groups is 1. The summed E-state index contributed by atoms with van der Waals surface area (Å²) >= 11 is 0. The molecule has 1 saturated heterocycles. The van der Waals surface area contributed by atoms with Crippen LogP contribution in [-0.4, -0.2) is 62.7 Å². The minimum atomic E-state index is -0.00116. The Balaban J connectivity index is 0.00000208. The van der Waals surface area contributed by atoms with Gasteiger partial charge in [0.25, 0.3) is 0 Å². The van der Waals surface area contributed by atoms with Gasteiger partial charge in [0.1, 0.15) is 6.54 Å². The molecule has 6 nitrogen and oxygen atoms in total. The standard InChI is InChI=1S/C17H28N4O2.HI/c1-4-9-18-16(19-11-13(22)21(2)3)20-14-12-6-10-23-15(12)17(14)7-5-8-17;/h4,12,14-15H,1,5-11H2,2-3H3,(H2,18,19,20);1H. The Morgan fingerprint density at radius 3 is 2.79 bits per heavy atom. The number of guanidine groups is 1. The fourth-order valence-electron chi connectivity index (χ4n) is 4.21. The summed E-state index contributed by atoms with van der Waals surface area (Å²) in [7, 11) is 3.50. The Hall–Kier alpha value is -0.830. The molecule has 2 saturated carbocycles. The van der Waals surface area contributed by atoms with Gasteiger partial charge in [0.15, 0.2) is 5.96 Å². The highest BCUT2D eigenvalue weighted by molar-refractivity contribution is 14.0. The van der Waals surface area contributed by atoms with E-state index in [0.717, 1.165) is 13.0 Å². The number of hydrogen-bond donors (Lipinski definition) is 2. The van der Waals surface area contributed by atoms with Crippen molar-refractivity contribution in [3.8, 4) is 0 Å². The molecule has 2 N–H and O–H groups in total. The van der Waals surface area contributed by atoms with Crippen LogP contribution in [0, 0.1) is 11.3 Å². The van der Waals surface area contributed by atoms with Gasteiger partial charge in [-0.1, -0.05) is 12.5 Å². The number of fused-ring (bicyclic) bond motifs is 2. The van der Waals surface area contributed by atoms with Gasteiger partial charge in [-0.15, -0.1) is 30.6 Å². The predicted octanol–water partition coefficient (Wildman–Crippen LogP) is 1.37. The topological polar surface area (TPSA) is 66.0 Å². The molecule has 2 aliphatic carbocycles. The molecule has 1 amide bonds. The molecule has 0 aromatic carbocycles. The molecule has 3 unspecified atom stereocenters. The van der Waals surface area contributed by atoms with Gasteiger partial charge in [0, 0.05) is 44.6 Å². The third-order valence-electron chi connectivity index (χ3n) is 5.61. The summed E-state index contributed by atoms with van der Waals surface area (Å²) in [6.07, 6.45) is 7.10. The van der Waals surface area contributed by atoms with E-state index in [1.54, 1.807) is 25.1 Å². The van der Waals surface area contributed by atoms with Crippen LogP contribution in [0.3, 0.4) is 0 Å². The van der Waals surface area contributed by atoms with E-state index in [1.165, 1.54) is 19.3 Å². The number of rotatable bonds is 5. The first kappa shape index (κ1) is 19.5. The molecule has 0 bridgehead atoms. The van der Waals surface area contributed by atoms with Crippen LogP contribution >= 0.6 is 24.0 Å². The normalized spacial score (nSPS) is 29.6. The first-order valence-electron chi connectivity index (χ1n) is 8.56. The lowest BCUT2D eigenvalue weighted by molar-refractivity contribution is -0.171. The van der Waals surface area contributed by atoms with E-state index in [1.807, 2.05) is 0 Å². The Morgan fingerprint density at radius 1 is 1.46 bits per heavy atom. The summed E-state index contributed by atoms with van der Waals surface area (Å²) in [6.45, 7) is 5.40. The Morgan fingerprint density at radius 2 is 2.21 bits per heavy atom. The van der Waals surface area contributed by atoms with Gasteiger partial charge in [-0.25, -0.2) is 4.99 Å². The molecule has 24 heavy (non-hydrogen) atoms. The third kappa shape index (κ3) is 3.42. The molecule has 3 aliphatic rings. The summed E-state index contributed by atoms with van der Waals surface area (Å²) < 4.78 is 5.96. The second kappa shape index (κ2) is 8.03. The Bertz CT molecular complexity index is 505. The van der Waals surface area contributed by atoms with E-state index in [0.29, 0.717) is 36.0 Å². The van der Waals surface area contributed by atoms with Crippen LogP contribution in [0.2, 0.25) is 0 Å². The van der Waals surface area contributed by atoms with Gasteiger partial charge in [-0.05, 0) is 19.3 Å². The second-order valence-corrected chi connectivity index (χ2v) is 7.08. The van der Waals surface area contributed by atoms with Crippen molar-refractivity contribution in [2.45, 2.75) is 37.8 Å². The SMILES string of the molecule is C=CCNC(=NCC(=O)N(C)C)NC1C2CCOC2C12CCC2.I. The quantitative estimate of drug-likeness (QED) is 0.289. The molecule has 1 spiro atoms. The smallest absolute Gasteiger partial charge is 0.243 e. The van der Waals surface area contributed by atoms with E-state index >= 15 is 0 Å². The molecule has 1 aliphatic heterocycles. The zero-order chi connectivity index (χ0) is 16.4. The van der Waals surface area contributed by atoms with Crippen LogP contribution in [0.5, 0.6) is 0 Å². The lowest BCUT2D eigenvalue weighted by Crippen LogP contribution is -2.72. The van der Waals surface area contributed by atoms with Gasteiger partial charge < -0.3 is 20.3 Å². The van der Waals surface area contributed by atoms with E-state index in [9.17, 15) is 4.79 Å². The molecular weight excluding hydrogens is 419 g/mol. The molecule has 3 rings (SSSR count). The Kier molecular flexibility index (Phi) is 6.52. The minimum absolute atomic E-state index is 0. The summed E-state index contributed by atoms with van der Waals surface area (Å²) in [5.74, 6) is 1.29. The van der Waals surface area contributed by atoms with Crippen LogP contribution in [0.15, 0.2) is 17.6 Å². The molecular formula is C17H29IN4O2. The van der Waals surface area contributed by atoms with Crippen LogP contribution < -0.4 is 10.6 Å². The van der Waals surface area contributed by atoms with E-state index < -0.39 is 0 Å². The molecule has 3 fully saturated rings. The summed E-state index contributed by atoms with van der Waals surface area (Å²) in [5.41, 5.74) is 0.295. The van der Waals surface area contributed by atoms with Crippen molar-refractivity contribution in [3.05, 3.63) is 12.7 Å². The number of hydrogen-bond acceptors (Lipinski definition) is 3. The summed E-state index contributed by atoms with van der Waals surface area (Å²) in [5, 5.41) is 6.83. The average Bonchev–Trinajstić information content (AvgIpc) is 2.89. The lowest BCUT2D eigenvalue weighted by Gasteiger charge is -2.63. The van der Waals surface area contributed by atoms with Crippen LogP contribution in [0.1, 0.15) is 25.7 Å². The Labute approximate surface area is 161 Å². The fourth-order valence-corrected chi connectivity index (χ4v) is 4.21. The maximum atomic E-state index is 11.8. The van der Waals surface area contributed by atoms with Crippen LogP contribution in [-0.2, 0) is 9.53 Å². The van der Waals surface area contributed by atoms with Crippen molar-refractivity contribution >= 4 is 35.8 Å². The zero-order valence-electron chi connectivity index (χ0n) is 14.6. The van der Waals surface area contributed by atoms with Crippen molar-refractivity contribution in [2.75, 3.05) is 33.8 Å². The third-order valence-corrected chi connectivity index (χ3v) is 5.61. The highest BCUT2D eigenvalue weighted by Gasteiger charge is 2.66. The van der Waals surface area contributed by atoms with E-state index in [-0.39, 0.29) is 36.4 Å². The van der Waals surface area contributed by atoms with Crippen LogP contribution in [0.4, 0.5) is 0 Å². The fraction of sp³-hybridized carbons (Fsp3) is 0.765. The maximum absolute atomic E-state index is 11.8. The molecule has 3 atom stereocenters. The molecule has 136 valence electrons. The molecule has 7 heteroatoms. The van der Waals surface area contributed by atoms with Crippen molar-refractivity contribution in [3.63, 3.8) is 0 Å². The van der Waals surface area contributed by atoms with Crippen molar-refractivity contribution in [2.24, 2.45) is 16.3 Å². The second-order valence-electron chi connectivity index (χ2n) is 7.08. The first-order valence-corrected chi connectivity index (χ1v) is 8.56. The number of ether oxygens (including phenoxy) is 1. The summed E-state index contributed by atoms with van der Waals surface area (Å²) in [6, 6.07) is 0.411. The van der Waals surface area contributed by atoms with Gasteiger partial charge in [-0.2, -0.15) is 0 Å². The molecule has 0 aromatic heterocycles. The van der Waals surface area contributed by atoms with Crippen molar-refractivity contribution in [1.29, 1.82) is 0 Å². The molecule has 0 aromatic rings. The predicted molar refractivity (Wildman–Crippen MR) is 106 cm³/mol. The highest BCUT2D eigenvalue weighted by atomic mass is 127. The first-order chi connectivity index (χ1) is 11.1. The van der Waals surface area contributed by atoms with Gasteiger partial charge >= 0.3 is 0 Å². The van der Waals surface area contributed by atoms with Gasteiger partial charge in [0.05, 0.1) is 6.10 Å². The number of carbonyl (C=O) groups excluding carboxylic acids is 1. The number of carbonyl (C=O) groups is 1. The van der Waals surface area contributed by atoms with Crippen molar-refractivity contribution < 1.29 is 9.53 Å². The maximum Gasteiger partial charge on any atom is 0.243 e. The molecule has 0 radical (unpaired) electrons. The largest absolute Gasteiger partial charge is 0.377 e. The van der Waals surface area contributed by atoms with Gasteiger partial charge in [0.2, 0.25) is 5.91 Å². The van der Waals surface area contributed by atoms with E-state index in [4.69, 9.17) is 4.74 Å². The summed E-state index contributed by atoms with van der Waals surface area (Å²) in [4.78, 5) is 17.8. The minimum Gasteiger partial charge on any atom is -0.377 e. The zero-order valence-corrected chi connectivity index (χ0v) is 16.9. The molecule has 1 heterocycles. The van der Waals surface area contributed by atoms with E-state index in [2.05, 4.69) is 22.2 Å². The number of nitrogens with one attached hydrogen (secondary N) is 2. The number of halogens is 1.